The first kappa shape index (κ1) is 6.61. The van der Waals surface area contributed by atoms with Gasteiger partial charge >= 0.3 is 0 Å². The first-order chi connectivity index (χ1) is 5.36. The smallest absolute Gasteiger partial charge is 0.107 e. The van der Waals surface area contributed by atoms with Crippen LogP contribution in [-0.4, -0.2) is 9.97 Å². The zero-order valence-corrected chi connectivity index (χ0v) is 6.64. The molecule has 1 aromatic rings. The number of hydrogen-bond acceptors (Lipinski definition) is 2. The largest absolute Gasteiger partial charge is 0.262 e. The quantitative estimate of drug-likeness (QED) is 0.510. The average molecular weight is 162 g/mol. The van der Waals surface area contributed by atoms with Gasteiger partial charge in [0.1, 0.15) is 4.99 Å². The van der Waals surface area contributed by atoms with Crippen LogP contribution in [0.4, 0.5) is 0 Å². The maximum atomic E-state index is 4.96. The van der Waals surface area contributed by atoms with Crippen LogP contribution >= 0.6 is 12.2 Å². The summed E-state index contributed by atoms with van der Waals surface area (Å²) in [6.07, 6.45) is 6.36. The minimum atomic E-state index is 0.741. The van der Waals surface area contributed by atoms with Crippen LogP contribution in [0.2, 0.25) is 0 Å². The predicted molar refractivity (Wildman–Crippen MR) is 46.7 cm³/mol. The van der Waals surface area contributed by atoms with Gasteiger partial charge in [-0.1, -0.05) is 18.3 Å². The fraction of sp³-hybridized carbons (Fsp3) is 0.125. The lowest BCUT2D eigenvalue weighted by molar-refractivity contribution is 1.19. The Hall–Kier alpha value is -1.09. The summed E-state index contributed by atoms with van der Waals surface area (Å²) in [4.78, 5) is 8.88. The van der Waals surface area contributed by atoms with Gasteiger partial charge in [0.25, 0.3) is 0 Å². The maximum Gasteiger partial charge on any atom is 0.107 e. The molecule has 1 aromatic heterocycles. The predicted octanol–water partition coefficient (Wildman–Crippen LogP) is 0.213. The van der Waals surface area contributed by atoms with Gasteiger partial charge in [-0.3, -0.25) is 4.98 Å². The van der Waals surface area contributed by atoms with Gasteiger partial charge in [0.15, 0.2) is 0 Å². The summed E-state index contributed by atoms with van der Waals surface area (Å²) in [5.41, 5.74) is 0. The van der Waals surface area contributed by atoms with Gasteiger partial charge < -0.3 is 0 Å². The van der Waals surface area contributed by atoms with Gasteiger partial charge in [-0.2, -0.15) is 0 Å². The fourth-order valence-corrected chi connectivity index (χ4v) is 1.22. The molecule has 0 unspecified atom stereocenters. The zero-order chi connectivity index (χ0) is 7.68. The van der Waals surface area contributed by atoms with E-state index in [-0.39, 0.29) is 0 Å². The van der Waals surface area contributed by atoms with Crippen molar-refractivity contribution in [3.8, 4) is 0 Å². The highest BCUT2D eigenvalue weighted by atomic mass is 32.1. The molecule has 0 amide bonds. The van der Waals surface area contributed by atoms with Crippen LogP contribution in [0.15, 0.2) is 23.5 Å². The average Bonchev–Trinajstić information content (AvgIpc) is 2.04. The third-order valence-corrected chi connectivity index (χ3v) is 1.83. The van der Waals surface area contributed by atoms with Crippen LogP contribution in [-0.2, 0) is 0 Å². The van der Waals surface area contributed by atoms with Crippen molar-refractivity contribution in [3.05, 3.63) is 29.0 Å². The third kappa shape index (κ3) is 1.19. The normalized spacial score (nSPS) is 14.7. The molecule has 1 aliphatic rings. The molecule has 3 heteroatoms. The highest BCUT2D eigenvalue weighted by Gasteiger charge is 1.96. The van der Waals surface area contributed by atoms with Gasteiger partial charge in [-0.25, -0.2) is 4.99 Å². The molecular weight excluding hydrogens is 156 g/mol. The van der Waals surface area contributed by atoms with Crippen molar-refractivity contribution in [2.75, 3.05) is 0 Å². The lowest BCUT2D eigenvalue weighted by atomic mass is 10.2. The second-order valence-corrected chi connectivity index (χ2v) is 2.82. The van der Waals surface area contributed by atoms with E-state index < -0.39 is 0 Å². The van der Waals surface area contributed by atoms with Crippen molar-refractivity contribution in [2.24, 2.45) is 4.99 Å². The van der Waals surface area contributed by atoms with E-state index >= 15 is 0 Å². The monoisotopic (exact) mass is 162 g/mol. The Bertz CT molecular complexity index is 408. The van der Waals surface area contributed by atoms with Gasteiger partial charge in [-0.15, -0.1) is 0 Å². The summed E-state index contributed by atoms with van der Waals surface area (Å²) in [5, 5.41) is 2.03. The Morgan fingerprint density at radius 3 is 3.27 bits per heavy atom. The molecule has 0 atom stereocenters. The summed E-state index contributed by atoms with van der Waals surface area (Å²) >= 11 is 4.96. The maximum absolute atomic E-state index is 4.96. The molecule has 0 spiro atoms. The van der Waals surface area contributed by atoms with Crippen LogP contribution in [0.1, 0.15) is 6.42 Å². The summed E-state index contributed by atoms with van der Waals surface area (Å²) < 4.78 is 0. The first-order valence-corrected chi connectivity index (χ1v) is 3.79. The Balaban J connectivity index is 2.83. The third-order valence-electron chi connectivity index (χ3n) is 1.57. The molecule has 0 fully saturated rings. The van der Waals surface area contributed by atoms with E-state index in [9.17, 15) is 0 Å². The second-order valence-electron chi connectivity index (χ2n) is 2.35. The summed E-state index contributed by atoms with van der Waals surface area (Å²) in [5.74, 6) is 0. The SMILES string of the molecule is S=C1CC=c2ccncc2=N1. The highest BCUT2D eigenvalue weighted by molar-refractivity contribution is 7.80. The lowest BCUT2D eigenvalue weighted by Gasteiger charge is -1.97. The topological polar surface area (TPSA) is 25.2 Å². The fourth-order valence-electron chi connectivity index (χ4n) is 1.04. The molecule has 0 N–H and O–H groups in total. The van der Waals surface area contributed by atoms with E-state index in [1.54, 1.807) is 12.4 Å². The summed E-state index contributed by atoms with van der Waals surface area (Å²) in [6.45, 7) is 0. The van der Waals surface area contributed by atoms with E-state index in [1.807, 2.05) is 6.07 Å². The number of nitrogens with zero attached hydrogens (tertiary/aromatic N) is 2. The molecule has 11 heavy (non-hydrogen) atoms. The standard InChI is InChI=1S/C8H6N2S/c11-8-2-1-6-3-4-9-5-7(6)10-8/h1,3-5H,2H2. The molecule has 1 aliphatic heterocycles. The number of aromatic nitrogens is 1. The number of fused-ring (bicyclic) bond motifs is 1. The molecule has 54 valence electrons. The minimum absolute atomic E-state index is 0.741. The molecular formula is C8H6N2S. The lowest BCUT2D eigenvalue weighted by Crippen LogP contribution is -2.29. The number of rotatable bonds is 0. The molecule has 2 heterocycles. The summed E-state index contributed by atoms with van der Waals surface area (Å²) in [6, 6.07) is 1.95. The minimum Gasteiger partial charge on any atom is -0.262 e. The van der Waals surface area contributed by atoms with Gasteiger partial charge in [0.05, 0.1) is 11.6 Å². The molecule has 0 bridgehead atoms. The van der Waals surface area contributed by atoms with Crippen molar-refractivity contribution in [3.63, 3.8) is 0 Å². The van der Waals surface area contributed by atoms with E-state index in [0.717, 1.165) is 22.0 Å². The number of pyridine rings is 1. The van der Waals surface area contributed by atoms with Crippen molar-refractivity contribution in [1.82, 2.24) is 4.98 Å². The van der Waals surface area contributed by atoms with Crippen LogP contribution in [0.3, 0.4) is 0 Å². The second kappa shape index (κ2) is 2.51. The highest BCUT2D eigenvalue weighted by Crippen LogP contribution is 1.91. The van der Waals surface area contributed by atoms with Crippen molar-refractivity contribution >= 4 is 23.3 Å². The molecule has 0 saturated carbocycles. The van der Waals surface area contributed by atoms with Gasteiger partial charge in [0, 0.05) is 12.6 Å². The Morgan fingerprint density at radius 1 is 1.45 bits per heavy atom. The van der Waals surface area contributed by atoms with Crippen molar-refractivity contribution < 1.29 is 0 Å². The van der Waals surface area contributed by atoms with Crippen LogP contribution < -0.4 is 10.6 Å². The van der Waals surface area contributed by atoms with Crippen LogP contribution in [0.25, 0.3) is 6.08 Å². The molecule has 0 saturated heterocycles. The summed E-state index contributed by atoms with van der Waals surface area (Å²) in [7, 11) is 0. The molecule has 2 rings (SSSR count). The van der Waals surface area contributed by atoms with Gasteiger partial charge in [0.2, 0.25) is 0 Å². The molecule has 0 radical (unpaired) electrons. The van der Waals surface area contributed by atoms with Crippen molar-refractivity contribution in [2.45, 2.75) is 6.42 Å². The van der Waals surface area contributed by atoms with E-state index in [2.05, 4.69) is 16.1 Å². The molecule has 0 aliphatic carbocycles. The number of thiocarbonyl (C=S) groups is 1. The van der Waals surface area contributed by atoms with E-state index in [4.69, 9.17) is 12.2 Å². The first-order valence-electron chi connectivity index (χ1n) is 3.38. The molecule has 2 nitrogen and oxygen atoms in total. The Morgan fingerprint density at radius 2 is 2.36 bits per heavy atom. The van der Waals surface area contributed by atoms with Crippen LogP contribution in [0.5, 0.6) is 0 Å². The van der Waals surface area contributed by atoms with E-state index in [1.165, 1.54) is 0 Å². The Kier molecular flexibility index (Phi) is 1.51. The van der Waals surface area contributed by atoms with Crippen molar-refractivity contribution in [1.29, 1.82) is 0 Å². The van der Waals surface area contributed by atoms with Gasteiger partial charge in [-0.05, 0) is 11.3 Å². The zero-order valence-electron chi connectivity index (χ0n) is 5.82. The van der Waals surface area contributed by atoms with E-state index in [0.29, 0.717) is 0 Å². The van der Waals surface area contributed by atoms with Crippen LogP contribution in [0, 0.1) is 0 Å². The number of hydrogen-bond donors (Lipinski definition) is 0. The Labute approximate surface area is 69.3 Å². The molecule has 0 aromatic carbocycles.